The van der Waals surface area contributed by atoms with Crippen LogP contribution in [0.25, 0.3) is 10.9 Å². The lowest BCUT2D eigenvalue weighted by Gasteiger charge is -2.18. The molecule has 0 radical (unpaired) electrons. The number of likely N-dealkylation sites (N-methyl/N-ethyl adjacent to an activating group) is 1. The van der Waals surface area contributed by atoms with E-state index in [4.69, 9.17) is 23.2 Å². The summed E-state index contributed by atoms with van der Waals surface area (Å²) in [4.78, 5) is 30.6. The molecule has 1 heterocycles. The summed E-state index contributed by atoms with van der Waals surface area (Å²) < 4.78 is 14.4. The van der Waals surface area contributed by atoms with Gasteiger partial charge in [0.05, 0.1) is 22.3 Å². The molecule has 0 aliphatic rings. The van der Waals surface area contributed by atoms with Gasteiger partial charge in [-0.3, -0.25) is 14.2 Å². The lowest BCUT2D eigenvalue weighted by Crippen LogP contribution is -2.33. The van der Waals surface area contributed by atoms with Crippen LogP contribution in [0.1, 0.15) is 5.56 Å². The number of hydrogen-bond donors (Lipinski definition) is 0. The largest absolute Gasteiger partial charge is 0.340 e. The van der Waals surface area contributed by atoms with Gasteiger partial charge in [0.2, 0.25) is 5.91 Å². The Morgan fingerprint density at radius 2 is 2.04 bits per heavy atom. The maximum atomic E-state index is 13.3. The number of halogens is 3. The van der Waals surface area contributed by atoms with Crippen LogP contribution in [0.2, 0.25) is 10.0 Å². The zero-order valence-corrected chi connectivity index (χ0v) is 15.3. The summed E-state index contributed by atoms with van der Waals surface area (Å²) in [7, 11) is 1.58. The number of hydrogen-bond acceptors (Lipinski definition) is 3. The van der Waals surface area contributed by atoms with E-state index in [0.717, 1.165) is 0 Å². The van der Waals surface area contributed by atoms with Gasteiger partial charge in [0.15, 0.2) is 0 Å². The van der Waals surface area contributed by atoms with E-state index >= 15 is 0 Å². The summed E-state index contributed by atoms with van der Waals surface area (Å²) in [6.07, 6.45) is 1.28. The minimum atomic E-state index is -0.410. The average Bonchev–Trinajstić information content (AvgIpc) is 2.57. The molecule has 134 valence electrons. The van der Waals surface area contributed by atoms with Gasteiger partial charge in [0.25, 0.3) is 5.56 Å². The highest BCUT2D eigenvalue weighted by atomic mass is 35.5. The van der Waals surface area contributed by atoms with Crippen molar-refractivity contribution in [1.82, 2.24) is 14.5 Å². The number of carbonyl (C=O) groups is 1. The topological polar surface area (TPSA) is 55.2 Å². The van der Waals surface area contributed by atoms with Gasteiger partial charge < -0.3 is 4.90 Å². The van der Waals surface area contributed by atoms with E-state index in [1.807, 2.05) is 0 Å². The second-order valence-electron chi connectivity index (χ2n) is 5.84. The molecule has 0 atom stereocenters. The zero-order chi connectivity index (χ0) is 18.8. The zero-order valence-electron chi connectivity index (χ0n) is 13.7. The second-order valence-corrected chi connectivity index (χ2v) is 6.68. The summed E-state index contributed by atoms with van der Waals surface area (Å²) in [5.41, 5.74) is 0.577. The van der Waals surface area contributed by atoms with Crippen LogP contribution >= 0.6 is 23.2 Å². The first-order valence-electron chi connectivity index (χ1n) is 7.68. The van der Waals surface area contributed by atoms with E-state index in [-0.39, 0.29) is 35.2 Å². The van der Waals surface area contributed by atoms with Crippen molar-refractivity contribution in [2.24, 2.45) is 0 Å². The molecule has 3 aromatic rings. The third kappa shape index (κ3) is 3.86. The highest BCUT2D eigenvalue weighted by molar-refractivity contribution is 6.38. The average molecular weight is 394 g/mol. The van der Waals surface area contributed by atoms with E-state index in [0.29, 0.717) is 16.1 Å². The summed E-state index contributed by atoms with van der Waals surface area (Å²) in [6.45, 7) is 0.0295. The predicted molar refractivity (Wildman–Crippen MR) is 98.9 cm³/mol. The highest BCUT2D eigenvalue weighted by Gasteiger charge is 2.14. The Morgan fingerprint density at radius 1 is 1.27 bits per heavy atom. The summed E-state index contributed by atoms with van der Waals surface area (Å²) in [5.74, 6) is -0.683. The molecule has 8 heteroatoms. The first-order chi connectivity index (χ1) is 12.3. The number of benzene rings is 2. The molecule has 0 fully saturated rings. The van der Waals surface area contributed by atoms with Gasteiger partial charge >= 0.3 is 0 Å². The molecule has 1 aromatic heterocycles. The molecule has 1 amide bonds. The Morgan fingerprint density at radius 3 is 2.77 bits per heavy atom. The van der Waals surface area contributed by atoms with Gasteiger partial charge in [-0.1, -0.05) is 35.3 Å². The van der Waals surface area contributed by atoms with Crippen molar-refractivity contribution in [2.75, 3.05) is 7.05 Å². The minimum Gasteiger partial charge on any atom is -0.340 e. The van der Waals surface area contributed by atoms with Crippen LogP contribution in [0, 0.1) is 5.82 Å². The number of amides is 1. The van der Waals surface area contributed by atoms with E-state index in [1.165, 1.54) is 40.1 Å². The molecule has 0 aliphatic heterocycles. The molecular weight excluding hydrogens is 380 g/mol. The van der Waals surface area contributed by atoms with Crippen molar-refractivity contribution in [2.45, 2.75) is 13.1 Å². The van der Waals surface area contributed by atoms with E-state index in [2.05, 4.69) is 4.98 Å². The molecule has 0 unspecified atom stereocenters. The fraction of sp³-hybridized carbons (Fsp3) is 0.167. The Kier molecular flexibility index (Phi) is 5.25. The lowest BCUT2D eigenvalue weighted by molar-refractivity contribution is -0.131. The molecule has 0 saturated carbocycles. The van der Waals surface area contributed by atoms with Gasteiger partial charge in [0, 0.05) is 18.6 Å². The smallest absolute Gasteiger partial charge is 0.261 e. The fourth-order valence-corrected chi connectivity index (χ4v) is 3.11. The van der Waals surface area contributed by atoms with Crippen molar-refractivity contribution < 1.29 is 9.18 Å². The van der Waals surface area contributed by atoms with Crippen molar-refractivity contribution in [3.8, 4) is 0 Å². The van der Waals surface area contributed by atoms with E-state index < -0.39 is 5.56 Å². The summed E-state index contributed by atoms with van der Waals surface area (Å²) >= 11 is 12.0. The van der Waals surface area contributed by atoms with Crippen molar-refractivity contribution in [1.29, 1.82) is 0 Å². The molecule has 0 bridgehead atoms. The highest BCUT2D eigenvalue weighted by Crippen LogP contribution is 2.23. The first-order valence-corrected chi connectivity index (χ1v) is 8.43. The normalized spacial score (nSPS) is 10.9. The van der Waals surface area contributed by atoms with Crippen molar-refractivity contribution >= 4 is 40.0 Å². The number of carbonyl (C=O) groups excluding carboxylic acids is 1. The predicted octanol–water partition coefficient (Wildman–Crippen LogP) is 3.50. The molecule has 0 spiro atoms. The van der Waals surface area contributed by atoms with E-state index in [1.54, 1.807) is 19.2 Å². The third-order valence-corrected chi connectivity index (χ3v) is 4.39. The van der Waals surface area contributed by atoms with E-state index in [9.17, 15) is 14.0 Å². The van der Waals surface area contributed by atoms with Crippen LogP contribution < -0.4 is 5.56 Å². The van der Waals surface area contributed by atoms with Gasteiger partial charge in [-0.25, -0.2) is 9.37 Å². The summed E-state index contributed by atoms with van der Waals surface area (Å²) in [5, 5.41) is 0.825. The molecular formula is C18H14Cl2FN3O2. The summed E-state index contributed by atoms with van der Waals surface area (Å²) in [6, 6.07) is 8.96. The van der Waals surface area contributed by atoms with Gasteiger partial charge in [-0.15, -0.1) is 0 Å². The molecule has 0 saturated heterocycles. The minimum absolute atomic E-state index is 0.197. The van der Waals surface area contributed by atoms with Crippen LogP contribution in [0.3, 0.4) is 0 Å². The molecule has 0 N–H and O–H groups in total. The van der Waals surface area contributed by atoms with Crippen LogP contribution in [-0.4, -0.2) is 27.4 Å². The van der Waals surface area contributed by atoms with Crippen LogP contribution in [-0.2, 0) is 17.9 Å². The number of rotatable bonds is 4. The van der Waals surface area contributed by atoms with Crippen LogP contribution in [0.4, 0.5) is 4.39 Å². The monoisotopic (exact) mass is 393 g/mol. The van der Waals surface area contributed by atoms with Crippen molar-refractivity contribution in [3.05, 3.63) is 74.5 Å². The van der Waals surface area contributed by atoms with Gasteiger partial charge in [0.1, 0.15) is 12.4 Å². The Balaban J connectivity index is 1.83. The Labute approximate surface area is 158 Å². The first kappa shape index (κ1) is 18.4. The molecule has 2 aromatic carbocycles. The number of nitrogens with zero attached hydrogens (tertiary/aromatic N) is 3. The standard InChI is InChI=1S/C18H14Cl2FN3O2/c1-23(8-11-3-2-4-13(21)5-11)16(25)9-24-10-22-17-14(18(24)26)6-12(19)7-15(17)20/h2-7,10H,8-9H2,1H3. The quantitative estimate of drug-likeness (QED) is 0.681. The SMILES string of the molecule is CN(Cc1cccc(F)c1)C(=O)Cn1cnc2c(Cl)cc(Cl)cc2c1=O. The maximum absolute atomic E-state index is 13.3. The third-order valence-electron chi connectivity index (χ3n) is 3.89. The lowest BCUT2D eigenvalue weighted by atomic mass is 10.2. The van der Waals surface area contributed by atoms with Gasteiger partial charge in [-0.05, 0) is 29.8 Å². The second kappa shape index (κ2) is 7.43. The maximum Gasteiger partial charge on any atom is 0.261 e. The van der Waals surface area contributed by atoms with Crippen LogP contribution in [0.5, 0.6) is 0 Å². The van der Waals surface area contributed by atoms with Crippen molar-refractivity contribution in [3.63, 3.8) is 0 Å². The number of aromatic nitrogens is 2. The molecule has 26 heavy (non-hydrogen) atoms. The molecule has 3 rings (SSSR count). The van der Waals surface area contributed by atoms with Gasteiger partial charge in [-0.2, -0.15) is 0 Å². The Bertz CT molecular complexity index is 1050. The molecule has 5 nitrogen and oxygen atoms in total. The number of fused-ring (bicyclic) bond motifs is 1. The molecule has 0 aliphatic carbocycles. The van der Waals surface area contributed by atoms with Crippen LogP contribution in [0.15, 0.2) is 47.5 Å². The Hall–Kier alpha value is -2.44. The fourth-order valence-electron chi connectivity index (χ4n) is 2.57.